The number of benzene rings is 1. The van der Waals surface area contributed by atoms with Crippen LogP contribution in [0.15, 0.2) is 22.6 Å². The van der Waals surface area contributed by atoms with Gasteiger partial charge in [-0.2, -0.15) is 0 Å². The molecule has 2 heterocycles. The van der Waals surface area contributed by atoms with E-state index in [9.17, 15) is 9.18 Å². The smallest absolute Gasteiger partial charge is 0.255 e. The maximum atomic E-state index is 13.1. The lowest BCUT2D eigenvalue weighted by Gasteiger charge is -2.37. The zero-order valence-electron chi connectivity index (χ0n) is 13.5. The minimum Gasteiger partial charge on any atom is -0.424 e. The van der Waals surface area contributed by atoms with Crippen molar-refractivity contribution in [3.8, 4) is 0 Å². The van der Waals surface area contributed by atoms with Gasteiger partial charge in [0.1, 0.15) is 5.82 Å². The first-order valence-corrected chi connectivity index (χ1v) is 8.12. The fraction of sp³-hybridized carbons (Fsp3) is 0.438. The molecular formula is C16H18ClFN4O2. The van der Waals surface area contributed by atoms with Gasteiger partial charge in [-0.15, -0.1) is 10.2 Å². The number of aryl methyl sites for hydroxylation is 1. The van der Waals surface area contributed by atoms with Gasteiger partial charge in [0.2, 0.25) is 11.8 Å². The number of piperazine rings is 1. The molecule has 0 spiro atoms. The number of carbonyl (C=O) groups is 1. The molecule has 6 nitrogen and oxygen atoms in total. The van der Waals surface area contributed by atoms with Crippen LogP contribution in [0.4, 0.5) is 4.39 Å². The highest BCUT2D eigenvalue weighted by atomic mass is 35.5. The highest BCUT2D eigenvalue weighted by molar-refractivity contribution is 6.33. The normalized spacial score (nSPS) is 17.1. The number of hydrogen-bond acceptors (Lipinski definition) is 5. The summed E-state index contributed by atoms with van der Waals surface area (Å²) in [6, 6.07) is 3.83. The molecule has 1 aromatic heterocycles. The number of amides is 1. The van der Waals surface area contributed by atoms with E-state index in [0.29, 0.717) is 43.5 Å². The van der Waals surface area contributed by atoms with Gasteiger partial charge in [-0.25, -0.2) is 4.39 Å². The summed E-state index contributed by atoms with van der Waals surface area (Å²) in [5.41, 5.74) is 0.326. The van der Waals surface area contributed by atoms with Gasteiger partial charge in [-0.05, 0) is 25.1 Å². The van der Waals surface area contributed by atoms with E-state index in [1.807, 2.05) is 6.92 Å². The van der Waals surface area contributed by atoms with Crippen LogP contribution in [0, 0.1) is 12.7 Å². The molecule has 1 fully saturated rings. The second-order valence-corrected chi connectivity index (χ2v) is 6.19. The standard InChI is InChI=1S/C16H18ClFN4O2/c1-10(15-20-19-11(2)24-15)21-5-7-22(8-6-21)16(23)13-4-3-12(18)9-14(13)17/h3-4,9-10H,5-8H2,1-2H3/t10-/m0/s1. The number of rotatable bonds is 3. The molecule has 8 heteroatoms. The Balaban J connectivity index is 1.63. The van der Waals surface area contributed by atoms with Gasteiger partial charge in [-0.3, -0.25) is 9.69 Å². The Morgan fingerprint density at radius 2 is 2.00 bits per heavy atom. The van der Waals surface area contributed by atoms with Gasteiger partial charge in [-0.1, -0.05) is 11.6 Å². The van der Waals surface area contributed by atoms with Crippen LogP contribution in [-0.4, -0.2) is 52.1 Å². The fourth-order valence-corrected chi connectivity index (χ4v) is 3.03. The van der Waals surface area contributed by atoms with E-state index in [4.69, 9.17) is 16.0 Å². The molecule has 3 rings (SSSR count). The van der Waals surface area contributed by atoms with Crippen LogP contribution >= 0.6 is 11.6 Å². The van der Waals surface area contributed by atoms with Gasteiger partial charge < -0.3 is 9.32 Å². The van der Waals surface area contributed by atoms with E-state index >= 15 is 0 Å². The third-order valence-corrected chi connectivity index (χ3v) is 4.52. The van der Waals surface area contributed by atoms with Crippen LogP contribution < -0.4 is 0 Å². The van der Waals surface area contributed by atoms with Crippen molar-refractivity contribution in [2.75, 3.05) is 26.2 Å². The molecule has 1 saturated heterocycles. The maximum absolute atomic E-state index is 13.1. The Morgan fingerprint density at radius 1 is 1.29 bits per heavy atom. The largest absolute Gasteiger partial charge is 0.424 e. The zero-order chi connectivity index (χ0) is 17.3. The first-order chi connectivity index (χ1) is 11.5. The van der Waals surface area contributed by atoms with Gasteiger partial charge >= 0.3 is 0 Å². The second kappa shape index (κ2) is 6.86. The van der Waals surface area contributed by atoms with Crippen LogP contribution in [0.5, 0.6) is 0 Å². The number of aromatic nitrogens is 2. The average Bonchev–Trinajstić information content (AvgIpc) is 3.00. The highest BCUT2D eigenvalue weighted by Crippen LogP contribution is 2.23. The van der Waals surface area contributed by atoms with Crippen LogP contribution in [0.1, 0.15) is 35.1 Å². The predicted molar refractivity (Wildman–Crippen MR) is 86.3 cm³/mol. The molecule has 128 valence electrons. The molecule has 1 aliphatic rings. The minimum atomic E-state index is -0.454. The zero-order valence-corrected chi connectivity index (χ0v) is 14.3. The van der Waals surface area contributed by atoms with E-state index in [1.165, 1.54) is 12.1 Å². The van der Waals surface area contributed by atoms with Gasteiger partial charge in [0, 0.05) is 33.1 Å². The topological polar surface area (TPSA) is 62.5 Å². The quantitative estimate of drug-likeness (QED) is 0.849. The van der Waals surface area contributed by atoms with Crippen LogP contribution in [-0.2, 0) is 0 Å². The highest BCUT2D eigenvalue weighted by Gasteiger charge is 2.28. The summed E-state index contributed by atoms with van der Waals surface area (Å²) in [5, 5.41) is 8.04. The van der Waals surface area contributed by atoms with E-state index in [-0.39, 0.29) is 17.0 Å². The van der Waals surface area contributed by atoms with Gasteiger partial charge in [0.05, 0.1) is 16.6 Å². The third-order valence-electron chi connectivity index (χ3n) is 4.21. The first kappa shape index (κ1) is 16.9. The van der Waals surface area contributed by atoms with Crippen molar-refractivity contribution in [1.82, 2.24) is 20.0 Å². The molecule has 0 unspecified atom stereocenters. The number of halogens is 2. The summed E-state index contributed by atoms with van der Waals surface area (Å²) in [7, 11) is 0. The fourth-order valence-electron chi connectivity index (χ4n) is 2.78. The average molecular weight is 353 g/mol. The molecule has 0 aliphatic carbocycles. The van der Waals surface area contributed by atoms with Crippen LogP contribution in [0.25, 0.3) is 0 Å². The lowest BCUT2D eigenvalue weighted by molar-refractivity contribution is 0.0557. The van der Waals surface area contributed by atoms with Crippen molar-refractivity contribution < 1.29 is 13.6 Å². The van der Waals surface area contributed by atoms with Gasteiger partial charge in [0.15, 0.2) is 0 Å². The number of carbonyl (C=O) groups excluding carboxylic acids is 1. The predicted octanol–water partition coefficient (Wildman–Crippen LogP) is 2.69. The van der Waals surface area contributed by atoms with E-state index < -0.39 is 5.82 Å². The van der Waals surface area contributed by atoms with E-state index in [0.717, 1.165) is 6.07 Å². The Bertz CT molecular complexity index is 743. The molecule has 1 atom stereocenters. The summed E-state index contributed by atoms with van der Waals surface area (Å²) >= 11 is 5.98. The van der Waals surface area contributed by atoms with Crippen molar-refractivity contribution >= 4 is 17.5 Å². The van der Waals surface area contributed by atoms with Crippen molar-refractivity contribution in [2.45, 2.75) is 19.9 Å². The Morgan fingerprint density at radius 3 is 2.58 bits per heavy atom. The van der Waals surface area contributed by atoms with Crippen molar-refractivity contribution in [2.24, 2.45) is 0 Å². The Kier molecular flexibility index (Phi) is 4.82. The lowest BCUT2D eigenvalue weighted by atomic mass is 10.1. The molecule has 24 heavy (non-hydrogen) atoms. The minimum absolute atomic E-state index is 0.00198. The SMILES string of the molecule is Cc1nnc([C@H](C)N2CCN(C(=O)c3ccc(F)cc3Cl)CC2)o1. The summed E-state index contributed by atoms with van der Waals surface area (Å²) in [5.74, 6) is 0.483. The van der Waals surface area contributed by atoms with Crippen LogP contribution in [0.3, 0.4) is 0 Å². The summed E-state index contributed by atoms with van der Waals surface area (Å²) in [6.45, 7) is 6.25. The maximum Gasteiger partial charge on any atom is 0.255 e. The molecular weight excluding hydrogens is 335 g/mol. The third kappa shape index (κ3) is 3.42. The monoisotopic (exact) mass is 352 g/mol. The first-order valence-electron chi connectivity index (χ1n) is 7.74. The van der Waals surface area contributed by atoms with Gasteiger partial charge in [0.25, 0.3) is 5.91 Å². The molecule has 1 aromatic carbocycles. The second-order valence-electron chi connectivity index (χ2n) is 5.79. The summed E-state index contributed by atoms with van der Waals surface area (Å²) < 4.78 is 18.6. The van der Waals surface area contributed by atoms with E-state index in [1.54, 1.807) is 11.8 Å². The molecule has 0 saturated carbocycles. The van der Waals surface area contributed by atoms with E-state index in [2.05, 4.69) is 15.1 Å². The molecule has 0 bridgehead atoms. The molecule has 2 aromatic rings. The number of hydrogen-bond donors (Lipinski definition) is 0. The molecule has 0 N–H and O–H groups in total. The lowest BCUT2D eigenvalue weighted by Crippen LogP contribution is -2.49. The number of nitrogens with zero attached hydrogens (tertiary/aromatic N) is 4. The molecule has 1 aliphatic heterocycles. The molecule has 1 amide bonds. The Labute approximate surface area is 144 Å². The Hall–Kier alpha value is -1.99. The van der Waals surface area contributed by atoms with Crippen molar-refractivity contribution in [3.05, 3.63) is 46.4 Å². The summed E-state index contributed by atoms with van der Waals surface area (Å²) in [6.07, 6.45) is 0. The molecule has 0 radical (unpaired) electrons. The van der Waals surface area contributed by atoms with Crippen molar-refractivity contribution in [1.29, 1.82) is 0 Å². The van der Waals surface area contributed by atoms with Crippen molar-refractivity contribution in [3.63, 3.8) is 0 Å². The summed E-state index contributed by atoms with van der Waals surface area (Å²) in [4.78, 5) is 16.4. The van der Waals surface area contributed by atoms with Crippen LogP contribution in [0.2, 0.25) is 5.02 Å².